The van der Waals surface area contributed by atoms with Crippen molar-refractivity contribution in [2.75, 3.05) is 19.0 Å². The lowest BCUT2D eigenvalue weighted by Gasteiger charge is -2.20. The third-order valence-electron chi connectivity index (χ3n) is 4.65. The number of nitrogens with two attached hydrogens (primary N) is 1. The van der Waals surface area contributed by atoms with Gasteiger partial charge in [0.25, 0.3) is 0 Å². The molecule has 0 saturated heterocycles. The second kappa shape index (κ2) is 9.13. The lowest BCUT2D eigenvalue weighted by molar-refractivity contribution is 0.381. The van der Waals surface area contributed by atoms with Crippen molar-refractivity contribution in [2.45, 2.75) is 32.7 Å². The zero-order chi connectivity index (χ0) is 20.1. The molecule has 0 aliphatic rings. The van der Waals surface area contributed by atoms with Gasteiger partial charge in [-0.2, -0.15) is 0 Å². The van der Waals surface area contributed by atoms with E-state index in [1.807, 2.05) is 37.3 Å². The Hall–Kier alpha value is -2.50. The number of aryl methyl sites for hydroxylation is 1. The van der Waals surface area contributed by atoms with Gasteiger partial charge in [0.1, 0.15) is 5.75 Å². The van der Waals surface area contributed by atoms with Gasteiger partial charge in [-0.05, 0) is 57.0 Å². The Bertz CT molecular complexity index is 962. The molecular formula is C22H26ClN3O2. The largest absolute Gasteiger partial charge is 0.493 e. The maximum absolute atomic E-state index is 6.31. The van der Waals surface area contributed by atoms with Gasteiger partial charge in [-0.1, -0.05) is 23.7 Å². The van der Waals surface area contributed by atoms with Crippen LogP contribution in [0.4, 0.5) is 5.69 Å². The molecule has 0 spiro atoms. The minimum Gasteiger partial charge on any atom is -0.493 e. The number of nitrogens with one attached hydrogen (secondary N) is 1. The van der Waals surface area contributed by atoms with Crippen LogP contribution in [0.5, 0.6) is 17.2 Å². The summed E-state index contributed by atoms with van der Waals surface area (Å²) >= 11 is 6.31. The fourth-order valence-corrected chi connectivity index (χ4v) is 3.37. The summed E-state index contributed by atoms with van der Waals surface area (Å²) in [6.45, 7) is 4.85. The van der Waals surface area contributed by atoms with Crippen molar-refractivity contribution in [1.82, 2.24) is 4.98 Å². The molecular weight excluding hydrogens is 374 g/mol. The normalized spacial score (nSPS) is 12.0. The minimum atomic E-state index is 0.258. The number of halogens is 1. The number of ether oxygens (including phenoxy) is 2. The molecule has 0 fully saturated rings. The monoisotopic (exact) mass is 399 g/mol. The molecule has 3 rings (SSSR count). The second-order valence-electron chi connectivity index (χ2n) is 6.82. The molecule has 0 saturated carbocycles. The molecule has 0 aliphatic heterocycles. The molecule has 1 aromatic heterocycles. The fourth-order valence-electron chi connectivity index (χ4n) is 3.20. The third kappa shape index (κ3) is 4.32. The molecule has 1 unspecified atom stereocenters. The Morgan fingerprint density at radius 3 is 2.71 bits per heavy atom. The van der Waals surface area contributed by atoms with Gasteiger partial charge in [-0.3, -0.25) is 4.98 Å². The first-order valence-corrected chi connectivity index (χ1v) is 9.78. The van der Waals surface area contributed by atoms with Crippen molar-refractivity contribution in [2.24, 2.45) is 5.73 Å². The van der Waals surface area contributed by atoms with Crippen LogP contribution in [-0.4, -0.2) is 24.7 Å². The number of rotatable bonds is 8. The molecule has 0 bridgehead atoms. The zero-order valence-electron chi connectivity index (χ0n) is 16.5. The molecule has 148 valence electrons. The molecule has 1 atom stereocenters. The predicted molar refractivity (Wildman–Crippen MR) is 116 cm³/mol. The average Bonchev–Trinajstić information content (AvgIpc) is 2.69. The van der Waals surface area contributed by atoms with Gasteiger partial charge < -0.3 is 20.5 Å². The van der Waals surface area contributed by atoms with Crippen LogP contribution in [0.25, 0.3) is 10.9 Å². The molecule has 0 amide bonds. The van der Waals surface area contributed by atoms with E-state index in [4.69, 9.17) is 26.8 Å². The summed E-state index contributed by atoms with van der Waals surface area (Å²) in [7, 11) is 1.63. The van der Waals surface area contributed by atoms with E-state index in [0.717, 1.165) is 35.0 Å². The summed E-state index contributed by atoms with van der Waals surface area (Å²) in [6.07, 6.45) is 3.74. The van der Waals surface area contributed by atoms with E-state index in [1.54, 1.807) is 19.4 Å². The van der Waals surface area contributed by atoms with Crippen molar-refractivity contribution < 1.29 is 9.47 Å². The summed E-state index contributed by atoms with van der Waals surface area (Å²) in [5.41, 5.74) is 8.43. The molecule has 6 heteroatoms. The van der Waals surface area contributed by atoms with Gasteiger partial charge in [-0.15, -0.1) is 0 Å². The standard InChI is InChI=1S/C22H26ClN3O2/c1-14-10-12-25-21-17(26-15(2)7-6-11-24)13-19(27-3)22(20(14)21)28-18-9-5-4-8-16(18)23/h4-5,8-10,12-13,15,26H,6-7,11,24H2,1-3H3. The van der Waals surface area contributed by atoms with Crippen molar-refractivity contribution >= 4 is 28.2 Å². The number of hydrogen-bond acceptors (Lipinski definition) is 5. The quantitative estimate of drug-likeness (QED) is 0.520. The smallest absolute Gasteiger partial charge is 0.179 e. The number of para-hydroxylation sites is 1. The van der Waals surface area contributed by atoms with Crippen LogP contribution in [0.3, 0.4) is 0 Å². The molecule has 3 aromatic rings. The highest BCUT2D eigenvalue weighted by atomic mass is 35.5. The van der Waals surface area contributed by atoms with E-state index >= 15 is 0 Å². The van der Waals surface area contributed by atoms with E-state index in [0.29, 0.717) is 28.8 Å². The van der Waals surface area contributed by atoms with Crippen LogP contribution < -0.4 is 20.5 Å². The van der Waals surface area contributed by atoms with Crippen molar-refractivity contribution in [1.29, 1.82) is 0 Å². The predicted octanol–water partition coefficient (Wildman–Crippen LogP) is 5.54. The molecule has 0 aliphatic carbocycles. The van der Waals surface area contributed by atoms with Crippen LogP contribution in [0.1, 0.15) is 25.3 Å². The van der Waals surface area contributed by atoms with Crippen LogP contribution in [0.15, 0.2) is 42.6 Å². The topological polar surface area (TPSA) is 69.4 Å². The summed E-state index contributed by atoms with van der Waals surface area (Å²) < 4.78 is 11.9. The van der Waals surface area contributed by atoms with Gasteiger partial charge in [0, 0.05) is 18.3 Å². The molecule has 0 radical (unpaired) electrons. The van der Waals surface area contributed by atoms with E-state index in [2.05, 4.69) is 17.2 Å². The lowest BCUT2D eigenvalue weighted by Crippen LogP contribution is -2.17. The average molecular weight is 400 g/mol. The first-order valence-electron chi connectivity index (χ1n) is 9.40. The third-order valence-corrected chi connectivity index (χ3v) is 4.96. The van der Waals surface area contributed by atoms with Gasteiger partial charge >= 0.3 is 0 Å². The zero-order valence-corrected chi connectivity index (χ0v) is 17.2. The number of fused-ring (bicyclic) bond motifs is 1. The van der Waals surface area contributed by atoms with Crippen molar-refractivity contribution in [3.63, 3.8) is 0 Å². The summed E-state index contributed by atoms with van der Waals surface area (Å²) in [6, 6.07) is 11.5. The van der Waals surface area contributed by atoms with Gasteiger partial charge in [0.2, 0.25) is 0 Å². The summed E-state index contributed by atoms with van der Waals surface area (Å²) in [5.74, 6) is 1.80. The highest BCUT2D eigenvalue weighted by Gasteiger charge is 2.19. The maximum Gasteiger partial charge on any atom is 0.179 e. The number of benzene rings is 2. The Morgan fingerprint density at radius 1 is 1.21 bits per heavy atom. The highest BCUT2D eigenvalue weighted by Crippen LogP contribution is 2.44. The number of anilines is 1. The van der Waals surface area contributed by atoms with E-state index in [-0.39, 0.29) is 6.04 Å². The highest BCUT2D eigenvalue weighted by molar-refractivity contribution is 6.32. The second-order valence-corrected chi connectivity index (χ2v) is 7.22. The molecule has 28 heavy (non-hydrogen) atoms. The van der Waals surface area contributed by atoms with Crippen LogP contribution in [0, 0.1) is 6.92 Å². The van der Waals surface area contributed by atoms with Gasteiger partial charge in [-0.25, -0.2) is 0 Å². The molecule has 1 heterocycles. The fraction of sp³-hybridized carbons (Fsp3) is 0.318. The first kappa shape index (κ1) is 20.2. The van der Waals surface area contributed by atoms with E-state index in [1.165, 1.54) is 0 Å². The van der Waals surface area contributed by atoms with Gasteiger partial charge in [0.05, 0.1) is 28.7 Å². The summed E-state index contributed by atoms with van der Waals surface area (Å²) in [5, 5.41) is 4.98. The number of nitrogens with zero attached hydrogens (tertiary/aromatic N) is 1. The van der Waals surface area contributed by atoms with Crippen molar-refractivity contribution in [3.8, 4) is 17.2 Å². The Balaban J connectivity index is 2.11. The Labute approximate surface area is 170 Å². The van der Waals surface area contributed by atoms with E-state index in [9.17, 15) is 0 Å². The number of aromatic nitrogens is 1. The lowest BCUT2D eigenvalue weighted by atomic mass is 10.1. The van der Waals surface area contributed by atoms with Crippen LogP contribution in [-0.2, 0) is 0 Å². The number of pyridine rings is 1. The van der Waals surface area contributed by atoms with Gasteiger partial charge in [0.15, 0.2) is 11.5 Å². The Kier molecular flexibility index (Phi) is 6.60. The minimum absolute atomic E-state index is 0.258. The molecule has 3 N–H and O–H groups in total. The van der Waals surface area contributed by atoms with E-state index < -0.39 is 0 Å². The first-order chi connectivity index (χ1) is 13.5. The number of methoxy groups -OCH3 is 1. The molecule has 5 nitrogen and oxygen atoms in total. The van der Waals surface area contributed by atoms with Crippen LogP contribution >= 0.6 is 11.6 Å². The summed E-state index contributed by atoms with van der Waals surface area (Å²) in [4.78, 5) is 4.62. The maximum atomic E-state index is 6.31. The Morgan fingerprint density at radius 2 is 2.00 bits per heavy atom. The molecule has 2 aromatic carbocycles. The van der Waals surface area contributed by atoms with Crippen LogP contribution in [0.2, 0.25) is 5.02 Å². The SMILES string of the molecule is COc1cc(NC(C)CCCN)c2nccc(C)c2c1Oc1ccccc1Cl. The number of hydrogen-bond donors (Lipinski definition) is 2. The van der Waals surface area contributed by atoms with Crippen molar-refractivity contribution in [3.05, 3.63) is 53.2 Å².